The molecule has 18 heavy (non-hydrogen) atoms. The molecule has 0 aliphatic carbocycles. The molecule has 0 bridgehead atoms. The highest BCUT2D eigenvalue weighted by Gasteiger charge is 2.27. The van der Waals surface area contributed by atoms with Gasteiger partial charge in [-0.2, -0.15) is 0 Å². The van der Waals surface area contributed by atoms with Crippen LogP contribution in [-0.4, -0.2) is 17.4 Å². The molecule has 1 amide bonds. The van der Waals surface area contributed by atoms with Crippen molar-refractivity contribution in [1.29, 1.82) is 0 Å². The van der Waals surface area contributed by atoms with Crippen LogP contribution < -0.4 is 4.90 Å². The highest BCUT2D eigenvalue weighted by Crippen LogP contribution is 2.34. The fourth-order valence-corrected chi connectivity index (χ4v) is 2.27. The normalized spacial score (nSPS) is 14.0. The minimum atomic E-state index is -0.421. The van der Waals surface area contributed by atoms with E-state index in [1.165, 1.54) is 17.0 Å². The number of anilines is 1. The standard InChI is InChI=1S/C13H12N2O3/c1-3-6-14-12(16)5-4-10-8-11(15(17)18)7-9(2)13(10)14/h1,7-8H,4-6H2,2H3. The van der Waals surface area contributed by atoms with Gasteiger partial charge in [-0.15, -0.1) is 6.42 Å². The maximum Gasteiger partial charge on any atom is 0.270 e. The van der Waals surface area contributed by atoms with Gasteiger partial charge in [0.25, 0.3) is 5.69 Å². The second kappa shape index (κ2) is 4.49. The fourth-order valence-electron chi connectivity index (χ4n) is 2.27. The number of benzene rings is 1. The quantitative estimate of drug-likeness (QED) is 0.453. The van der Waals surface area contributed by atoms with Gasteiger partial charge in [0.15, 0.2) is 0 Å². The maximum atomic E-state index is 11.8. The van der Waals surface area contributed by atoms with Crippen LogP contribution in [0.3, 0.4) is 0 Å². The number of terminal acetylenes is 1. The summed E-state index contributed by atoms with van der Waals surface area (Å²) in [6.45, 7) is 1.96. The first-order valence-corrected chi connectivity index (χ1v) is 5.56. The highest BCUT2D eigenvalue weighted by molar-refractivity contribution is 5.98. The molecule has 0 radical (unpaired) electrons. The molecule has 0 saturated carbocycles. The molecule has 1 aliphatic rings. The number of aryl methyl sites for hydroxylation is 2. The van der Waals surface area contributed by atoms with E-state index < -0.39 is 4.92 Å². The first-order chi connectivity index (χ1) is 8.54. The third-order valence-corrected chi connectivity index (χ3v) is 3.00. The lowest BCUT2D eigenvalue weighted by atomic mass is 9.97. The number of nitro benzene ring substituents is 1. The average Bonchev–Trinajstić information content (AvgIpc) is 2.32. The van der Waals surface area contributed by atoms with Crippen LogP contribution in [0.4, 0.5) is 11.4 Å². The molecule has 1 heterocycles. The monoisotopic (exact) mass is 244 g/mol. The summed E-state index contributed by atoms with van der Waals surface area (Å²) in [7, 11) is 0. The summed E-state index contributed by atoms with van der Waals surface area (Å²) in [6, 6.07) is 3.00. The molecule has 0 saturated heterocycles. The van der Waals surface area contributed by atoms with E-state index in [4.69, 9.17) is 6.42 Å². The number of amides is 1. The number of nitrogens with zero attached hydrogens (tertiary/aromatic N) is 2. The Hall–Kier alpha value is -2.35. The maximum absolute atomic E-state index is 11.8. The van der Waals surface area contributed by atoms with Gasteiger partial charge in [0.2, 0.25) is 5.91 Å². The zero-order valence-electron chi connectivity index (χ0n) is 9.97. The van der Waals surface area contributed by atoms with Crippen LogP contribution in [-0.2, 0) is 11.2 Å². The predicted molar refractivity (Wildman–Crippen MR) is 67.3 cm³/mol. The Balaban J connectivity index is 2.56. The van der Waals surface area contributed by atoms with Crippen LogP contribution in [0, 0.1) is 29.4 Å². The molecule has 5 nitrogen and oxygen atoms in total. The molecule has 0 atom stereocenters. The van der Waals surface area contributed by atoms with Crippen LogP contribution in [0.2, 0.25) is 0 Å². The molecular formula is C13H12N2O3. The summed E-state index contributed by atoms with van der Waals surface area (Å²) in [4.78, 5) is 23.7. The van der Waals surface area contributed by atoms with E-state index >= 15 is 0 Å². The zero-order valence-corrected chi connectivity index (χ0v) is 9.97. The number of carbonyl (C=O) groups is 1. The smallest absolute Gasteiger partial charge is 0.270 e. The van der Waals surface area contributed by atoms with Crippen molar-refractivity contribution in [3.8, 4) is 12.3 Å². The largest absolute Gasteiger partial charge is 0.300 e. The Morgan fingerprint density at radius 3 is 2.83 bits per heavy atom. The first-order valence-electron chi connectivity index (χ1n) is 5.56. The molecular weight excluding hydrogens is 232 g/mol. The summed E-state index contributed by atoms with van der Waals surface area (Å²) in [6.07, 6.45) is 6.12. The van der Waals surface area contributed by atoms with Gasteiger partial charge in [-0.05, 0) is 24.5 Å². The Morgan fingerprint density at radius 2 is 2.22 bits per heavy atom. The van der Waals surface area contributed by atoms with E-state index in [0.29, 0.717) is 18.4 Å². The summed E-state index contributed by atoms with van der Waals surface area (Å²) in [5.41, 5.74) is 2.31. The van der Waals surface area contributed by atoms with E-state index in [-0.39, 0.29) is 18.1 Å². The topological polar surface area (TPSA) is 63.5 Å². The molecule has 0 N–H and O–H groups in total. The number of fused-ring (bicyclic) bond motifs is 1. The third-order valence-electron chi connectivity index (χ3n) is 3.00. The van der Waals surface area contributed by atoms with Crippen molar-refractivity contribution >= 4 is 17.3 Å². The molecule has 0 spiro atoms. The van der Waals surface area contributed by atoms with Gasteiger partial charge in [0, 0.05) is 18.6 Å². The Morgan fingerprint density at radius 1 is 1.50 bits per heavy atom. The van der Waals surface area contributed by atoms with Gasteiger partial charge in [-0.25, -0.2) is 0 Å². The summed E-state index contributed by atoms with van der Waals surface area (Å²) < 4.78 is 0. The molecule has 0 aromatic heterocycles. The molecule has 1 aromatic rings. The van der Waals surface area contributed by atoms with Gasteiger partial charge < -0.3 is 4.90 Å². The average molecular weight is 244 g/mol. The lowest BCUT2D eigenvalue weighted by Gasteiger charge is -2.29. The van der Waals surface area contributed by atoms with Crippen molar-refractivity contribution in [3.05, 3.63) is 33.4 Å². The van der Waals surface area contributed by atoms with Gasteiger partial charge >= 0.3 is 0 Å². The van der Waals surface area contributed by atoms with Crippen LogP contribution in [0.1, 0.15) is 17.5 Å². The van der Waals surface area contributed by atoms with Gasteiger partial charge in [0.05, 0.1) is 17.2 Å². The number of carbonyl (C=O) groups excluding carboxylic acids is 1. The van der Waals surface area contributed by atoms with Crippen molar-refractivity contribution in [1.82, 2.24) is 0 Å². The zero-order chi connectivity index (χ0) is 13.3. The third kappa shape index (κ3) is 1.93. The lowest BCUT2D eigenvalue weighted by molar-refractivity contribution is -0.385. The number of non-ortho nitro benzene ring substituents is 1. The number of rotatable bonds is 2. The van der Waals surface area contributed by atoms with Crippen molar-refractivity contribution < 1.29 is 9.72 Å². The van der Waals surface area contributed by atoms with E-state index in [9.17, 15) is 14.9 Å². The van der Waals surface area contributed by atoms with Crippen molar-refractivity contribution in [2.75, 3.05) is 11.4 Å². The number of nitro groups is 1. The SMILES string of the molecule is C#CCN1C(=O)CCc2cc([N+](=O)[O-])cc(C)c21. The molecule has 0 unspecified atom stereocenters. The molecule has 5 heteroatoms. The number of hydrogen-bond acceptors (Lipinski definition) is 3. The van der Waals surface area contributed by atoms with E-state index in [1.807, 2.05) is 0 Å². The molecule has 0 fully saturated rings. The minimum Gasteiger partial charge on any atom is -0.300 e. The summed E-state index contributed by atoms with van der Waals surface area (Å²) in [5.74, 6) is 2.41. The Labute approximate surface area is 105 Å². The van der Waals surface area contributed by atoms with Crippen LogP contribution >= 0.6 is 0 Å². The van der Waals surface area contributed by atoms with E-state index in [1.54, 1.807) is 6.92 Å². The van der Waals surface area contributed by atoms with Crippen LogP contribution in [0.25, 0.3) is 0 Å². The van der Waals surface area contributed by atoms with E-state index in [0.717, 1.165) is 11.3 Å². The summed E-state index contributed by atoms with van der Waals surface area (Å²) >= 11 is 0. The predicted octanol–water partition coefficient (Wildman–Crippen LogP) is 1.82. The molecule has 2 rings (SSSR count). The fraction of sp³-hybridized carbons (Fsp3) is 0.308. The Kier molecular flexibility index (Phi) is 3.02. The van der Waals surface area contributed by atoms with Crippen molar-refractivity contribution in [2.24, 2.45) is 0 Å². The summed E-state index contributed by atoms with van der Waals surface area (Å²) in [5, 5.41) is 10.8. The molecule has 1 aliphatic heterocycles. The molecule has 1 aromatic carbocycles. The minimum absolute atomic E-state index is 0.0302. The number of hydrogen-bond donors (Lipinski definition) is 0. The second-order valence-corrected chi connectivity index (χ2v) is 4.21. The van der Waals surface area contributed by atoms with Crippen molar-refractivity contribution in [2.45, 2.75) is 19.8 Å². The Bertz CT molecular complexity index is 572. The molecule has 92 valence electrons. The van der Waals surface area contributed by atoms with Crippen LogP contribution in [0.15, 0.2) is 12.1 Å². The first kappa shape index (κ1) is 12.1. The van der Waals surface area contributed by atoms with Gasteiger partial charge in [0.1, 0.15) is 0 Å². The van der Waals surface area contributed by atoms with Gasteiger partial charge in [-0.3, -0.25) is 14.9 Å². The second-order valence-electron chi connectivity index (χ2n) is 4.21. The van der Waals surface area contributed by atoms with Crippen LogP contribution in [0.5, 0.6) is 0 Å². The highest BCUT2D eigenvalue weighted by atomic mass is 16.6. The van der Waals surface area contributed by atoms with Gasteiger partial charge in [-0.1, -0.05) is 5.92 Å². The van der Waals surface area contributed by atoms with Crippen molar-refractivity contribution in [3.63, 3.8) is 0 Å². The lowest BCUT2D eigenvalue weighted by Crippen LogP contribution is -2.36. The van der Waals surface area contributed by atoms with E-state index in [2.05, 4.69) is 5.92 Å².